The number of carbonyl (C=O) groups is 1. The van der Waals surface area contributed by atoms with Crippen molar-refractivity contribution in [3.63, 3.8) is 0 Å². The highest BCUT2D eigenvalue weighted by atomic mass is 35.5. The van der Waals surface area contributed by atoms with E-state index in [1.807, 2.05) is 29.2 Å². The second kappa shape index (κ2) is 8.64. The number of hydrogen-bond donors (Lipinski definition) is 1. The zero-order valence-corrected chi connectivity index (χ0v) is 14.9. The van der Waals surface area contributed by atoms with Gasteiger partial charge < -0.3 is 20.3 Å². The van der Waals surface area contributed by atoms with E-state index >= 15 is 0 Å². The minimum Gasteiger partial charge on any atom is -0.481 e. The normalized spacial score (nSPS) is 14.0. The van der Waals surface area contributed by atoms with E-state index in [2.05, 4.69) is 14.9 Å². The summed E-state index contributed by atoms with van der Waals surface area (Å²) in [6.45, 7) is 3.14. The maximum absolute atomic E-state index is 12.6. The number of rotatable bonds is 4. The Morgan fingerprint density at radius 2 is 1.84 bits per heavy atom. The summed E-state index contributed by atoms with van der Waals surface area (Å²) in [5, 5.41) is 0. The number of hydrogen-bond acceptors (Lipinski definition) is 6. The molecule has 0 aliphatic carbocycles. The molecule has 1 aromatic carbocycles. The van der Waals surface area contributed by atoms with Crippen LogP contribution in [0.15, 0.2) is 36.5 Å². The zero-order chi connectivity index (χ0) is 16.9. The van der Waals surface area contributed by atoms with Crippen LogP contribution in [0.3, 0.4) is 0 Å². The van der Waals surface area contributed by atoms with E-state index in [1.54, 1.807) is 19.4 Å². The van der Waals surface area contributed by atoms with Crippen LogP contribution in [0.5, 0.6) is 5.88 Å². The first-order valence-electron chi connectivity index (χ1n) is 7.91. The predicted molar refractivity (Wildman–Crippen MR) is 98.3 cm³/mol. The molecule has 1 aliphatic heterocycles. The van der Waals surface area contributed by atoms with Crippen LogP contribution in [-0.4, -0.2) is 54.1 Å². The molecular formula is C17H22ClN5O2. The van der Waals surface area contributed by atoms with Crippen LogP contribution in [0.25, 0.3) is 0 Å². The van der Waals surface area contributed by atoms with Crippen LogP contribution in [0.4, 0.5) is 5.95 Å². The number of nitrogens with zero attached hydrogens (tertiary/aromatic N) is 4. The Bertz CT molecular complexity index is 702. The quantitative estimate of drug-likeness (QED) is 0.882. The lowest BCUT2D eigenvalue weighted by atomic mass is 10.1. The van der Waals surface area contributed by atoms with Gasteiger partial charge in [0.15, 0.2) is 0 Å². The van der Waals surface area contributed by atoms with Gasteiger partial charge in [-0.05, 0) is 17.7 Å². The number of nitrogens with two attached hydrogens (primary N) is 1. The van der Waals surface area contributed by atoms with Gasteiger partial charge in [-0.15, -0.1) is 12.4 Å². The van der Waals surface area contributed by atoms with Crippen molar-refractivity contribution in [1.82, 2.24) is 14.9 Å². The van der Waals surface area contributed by atoms with Crippen molar-refractivity contribution in [1.29, 1.82) is 0 Å². The molecule has 0 unspecified atom stereocenters. The molecule has 25 heavy (non-hydrogen) atoms. The fourth-order valence-electron chi connectivity index (χ4n) is 2.67. The second-order valence-corrected chi connectivity index (χ2v) is 5.58. The number of benzene rings is 1. The van der Waals surface area contributed by atoms with Crippen molar-refractivity contribution in [2.24, 2.45) is 5.73 Å². The molecule has 134 valence electrons. The molecule has 2 aromatic rings. The summed E-state index contributed by atoms with van der Waals surface area (Å²) >= 11 is 0. The van der Waals surface area contributed by atoms with Gasteiger partial charge in [-0.25, -0.2) is 4.98 Å². The van der Waals surface area contributed by atoms with Gasteiger partial charge in [0.1, 0.15) is 0 Å². The third kappa shape index (κ3) is 4.37. The zero-order valence-electron chi connectivity index (χ0n) is 14.1. The molecule has 1 saturated heterocycles. The highest BCUT2D eigenvalue weighted by molar-refractivity contribution is 5.94. The van der Waals surface area contributed by atoms with Crippen LogP contribution in [-0.2, 0) is 6.54 Å². The summed E-state index contributed by atoms with van der Waals surface area (Å²) in [6, 6.07) is 9.18. The van der Waals surface area contributed by atoms with Crippen LogP contribution < -0.4 is 15.4 Å². The number of halogens is 1. The Morgan fingerprint density at radius 3 is 2.44 bits per heavy atom. The van der Waals surface area contributed by atoms with E-state index in [-0.39, 0.29) is 18.3 Å². The monoisotopic (exact) mass is 363 g/mol. The van der Waals surface area contributed by atoms with Crippen molar-refractivity contribution >= 4 is 24.3 Å². The van der Waals surface area contributed by atoms with Crippen LogP contribution in [0.2, 0.25) is 0 Å². The molecular weight excluding hydrogens is 342 g/mol. The molecule has 2 heterocycles. The number of anilines is 1. The van der Waals surface area contributed by atoms with Gasteiger partial charge in [0.05, 0.1) is 7.11 Å². The summed E-state index contributed by atoms with van der Waals surface area (Å²) < 4.78 is 5.13. The van der Waals surface area contributed by atoms with E-state index in [0.717, 1.165) is 5.56 Å². The van der Waals surface area contributed by atoms with Crippen molar-refractivity contribution in [2.75, 3.05) is 38.2 Å². The fourth-order valence-corrected chi connectivity index (χ4v) is 2.67. The third-order valence-corrected chi connectivity index (χ3v) is 4.11. The lowest BCUT2D eigenvalue weighted by Gasteiger charge is -2.34. The highest BCUT2D eigenvalue weighted by Gasteiger charge is 2.23. The molecule has 1 aromatic heterocycles. The molecule has 0 radical (unpaired) electrons. The third-order valence-electron chi connectivity index (χ3n) is 4.11. The molecule has 0 atom stereocenters. The fraction of sp³-hybridized carbons (Fsp3) is 0.353. The Kier molecular flexibility index (Phi) is 6.55. The molecule has 0 spiro atoms. The topological polar surface area (TPSA) is 84.6 Å². The Morgan fingerprint density at radius 1 is 1.16 bits per heavy atom. The Balaban J connectivity index is 0.00000225. The molecule has 2 N–H and O–H groups in total. The Hall–Kier alpha value is -2.38. The molecule has 7 nitrogen and oxygen atoms in total. The summed E-state index contributed by atoms with van der Waals surface area (Å²) in [7, 11) is 1.58. The first-order valence-corrected chi connectivity index (χ1v) is 7.91. The van der Waals surface area contributed by atoms with Gasteiger partial charge in [0, 0.05) is 50.6 Å². The maximum atomic E-state index is 12.6. The Labute approximate surface area is 153 Å². The van der Waals surface area contributed by atoms with Crippen LogP contribution in [0, 0.1) is 0 Å². The van der Waals surface area contributed by atoms with E-state index < -0.39 is 0 Å². The SMILES string of the molecule is COc1ccnc(N2CCN(C(=O)c3ccc(CN)cc3)CC2)n1.Cl. The average molecular weight is 364 g/mol. The first kappa shape index (κ1) is 19.0. The molecule has 1 fully saturated rings. The standard InChI is InChI=1S/C17H21N5O2.ClH/c1-24-15-6-7-19-17(20-15)22-10-8-21(9-11-22)16(23)14-4-2-13(12-18)3-5-14;/h2-7H,8-12,18H2,1H3;1H. The molecule has 8 heteroatoms. The number of ether oxygens (including phenoxy) is 1. The van der Waals surface area contributed by atoms with Crippen molar-refractivity contribution in [2.45, 2.75) is 6.54 Å². The molecule has 1 aliphatic rings. The van der Waals surface area contributed by atoms with Gasteiger partial charge in [-0.2, -0.15) is 4.98 Å². The summed E-state index contributed by atoms with van der Waals surface area (Å²) in [4.78, 5) is 25.1. The molecule has 3 rings (SSSR count). The number of piperazine rings is 1. The number of amides is 1. The van der Waals surface area contributed by atoms with Crippen LogP contribution >= 0.6 is 12.4 Å². The highest BCUT2D eigenvalue weighted by Crippen LogP contribution is 2.16. The van der Waals surface area contributed by atoms with E-state index in [0.29, 0.717) is 50.1 Å². The lowest BCUT2D eigenvalue weighted by molar-refractivity contribution is 0.0746. The van der Waals surface area contributed by atoms with E-state index in [4.69, 9.17) is 10.5 Å². The predicted octanol–water partition coefficient (Wildman–Crippen LogP) is 1.33. The van der Waals surface area contributed by atoms with Gasteiger partial charge >= 0.3 is 0 Å². The summed E-state index contributed by atoms with van der Waals surface area (Å²) in [5.41, 5.74) is 7.30. The van der Waals surface area contributed by atoms with Crippen molar-refractivity contribution in [3.8, 4) is 5.88 Å². The van der Waals surface area contributed by atoms with Gasteiger partial charge in [-0.1, -0.05) is 12.1 Å². The largest absolute Gasteiger partial charge is 0.481 e. The summed E-state index contributed by atoms with van der Waals surface area (Å²) in [6.07, 6.45) is 1.68. The lowest BCUT2D eigenvalue weighted by Crippen LogP contribution is -2.49. The smallest absolute Gasteiger partial charge is 0.253 e. The minimum absolute atomic E-state index is 0. The summed E-state index contributed by atoms with van der Waals surface area (Å²) in [5.74, 6) is 1.22. The van der Waals surface area contributed by atoms with Gasteiger partial charge in [0.25, 0.3) is 5.91 Å². The van der Waals surface area contributed by atoms with E-state index in [9.17, 15) is 4.79 Å². The number of methoxy groups -OCH3 is 1. The van der Waals surface area contributed by atoms with Crippen LogP contribution in [0.1, 0.15) is 15.9 Å². The minimum atomic E-state index is 0. The van der Waals surface area contributed by atoms with E-state index in [1.165, 1.54) is 0 Å². The maximum Gasteiger partial charge on any atom is 0.253 e. The molecule has 0 saturated carbocycles. The van der Waals surface area contributed by atoms with Gasteiger partial charge in [0.2, 0.25) is 11.8 Å². The number of carbonyl (C=O) groups excluding carboxylic acids is 1. The van der Waals surface area contributed by atoms with Gasteiger partial charge in [-0.3, -0.25) is 4.79 Å². The first-order chi connectivity index (χ1) is 11.7. The average Bonchev–Trinajstić information content (AvgIpc) is 2.67. The van der Waals surface area contributed by atoms with Crippen molar-refractivity contribution < 1.29 is 9.53 Å². The molecule has 0 bridgehead atoms. The molecule has 1 amide bonds. The van der Waals surface area contributed by atoms with Crippen molar-refractivity contribution in [3.05, 3.63) is 47.7 Å². The number of aromatic nitrogens is 2. The second-order valence-electron chi connectivity index (χ2n) is 5.58.